The van der Waals surface area contributed by atoms with Gasteiger partial charge in [0.25, 0.3) is 0 Å². The normalized spacial score (nSPS) is 14.1. The molecule has 1 unspecified atom stereocenters. The van der Waals surface area contributed by atoms with Crippen molar-refractivity contribution in [1.29, 1.82) is 0 Å². The first-order valence-electron chi connectivity index (χ1n) is 10.5. The van der Waals surface area contributed by atoms with Gasteiger partial charge in [-0.2, -0.15) is 8.42 Å². The maximum Gasteiger partial charge on any atom is 0.306 e. The monoisotopic (exact) mass is 398 g/mol. The molecular weight excluding hydrogens is 360 g/mol. The lowest BCUT2D eigenvalue weighted by Crippen LogP contribution is -2.40. The van der Waals surface area contributed by atoms with Gasteiger partial charge in [-0.15, -0.1) is 0 Å². The number of hydrogen-bond acceptors (Lipinski definition) is 3. The first-order chi connectivity index (χ1) is 12.8. The van der Waals surface area contributed by atoms with E-state index >= 15 is 0 Å². The molecule has 27 heavy (non-hydrogen) atoms. The minimum Gasteiger partial charge on any atom is -0.469 e. The fraction of sp³-hybridized carbons (Fsp3) is 0.727. The molecule has 0 amide bonds. The Balaban J connectivity index is 2.98. The molecule has 1 aromatic carbocycles. The Labute approximate surface area is 166 Å². The van der Waals surface area contributed by atoms with Crippen molar-refractivity contribution in [2.45, 2.75) is 103 Å². The molecule has 0 heterocycles. The van der Waals surface area contributed by atoms with Crippen molar-refractivity contribution in [2.24, 2.45) is 0 Å². The smallest absolute Gasteiger partial charge is 0.306 e. The summed E-state index contributed by atoms with van der Waals surface area (Å²) >= 11 is 0. The van der Waals surface area contributed by atoms with Crippen LogP contribution in [-0.4, -0.2) is 17.9 Å². The molecule has 0 aliphatic heterocycles. The lowest BCUT2D eigenvalue weighted by atomic mass is 10.00. The van der Waals surface area contributed by atoms with E-state index in [1.54, 1.807) is 6.92 Å². The van der Waals surface area contributed by atoms with Gasteiger partial charge in [-0.05, 0) is 55.9 Å². The average Bonchev–Trinajstić information content (AvgIpc) is 2.61. The summed E-state index contributed by atoms with van der Waals surface area (Å²) in [4.78, 5) is -1.62. The Morgan fingerprint density at radius 1 is 0.852 bits per heavy atom. The number of rotatable bonds is 14. The van der Waals surface area contributed by atoms with Gasteiger partial charge in [-0.1, -0.05) is 65.4 Å². The third-order valence-corrected chi connectivity index (χ3v) is 6.65. The van der Waals surface area contributed by atoms with Gasteiger partial charge in [0.15, 0.2) is 0 Å². The Morgan fingerprint density at radius 3 is 1.70 bits per heavy atom. The zero-order chi connectivity index (χ0) is 20.3. The highest BCUT2D eigenvalue weighted by Crippen LogP contribution is 2.29. The minimum absolute atomic E-state index is 0.179. The highest BCUT2D eigenvalue weighted by atomic mass is 32.2. The van der Waals surface area contributed by atoms with Crippen LogP contribution in [0.1, 0.15) is 96.6 Å². The molecule has 156 valence electrons. The van der Waals surface area contributed by atoms with Crippen LogP contribution in [0.3, 0.4) is 0 Å². The third kappa shape index (κ3) is 8.22. The number of unbranched alkanes of at least 4 members (excludes halogenated alkanes) is 6. The van der Waals surface area contributed by atoms with E-state index in [-0.39, 0.29) is 6.42 Å². The van der Waals surface area contributed by atoms with Crippen LogP contribution in [0.15, 0.2) is 18.2 Å². The molecule has 1 rings (SSSR count). The van der Waals surface area contributed by atoms with Crippen molar-refractivity contribution >= 4 is 10.1 Å². The maximum atomic E-state index is 11.8. The van der Waals surface area contributed by atoms with E-state index in [4.69, 9.17) is 4.74 Å². The maximum absolute atomic E-state index is 11.8. The molecule has 5 heteroatoms. The summed E-state index contributed by atoms with van der Waals surface area (Å²) in [5.41, 5.74) is 2.37. The number of benzene rings is 1. The van der Waals surface area contributed by atoms with Gasteiger partial charge in [0.05, 0.1) is 0 Å². The minimum atomic E-state index is -4.31. The Hall–Kier alpha value is -1.07. The van der Waals surface area contributed by atoms with Crippen LogP contribution >= 0.6 is 0 Å². The quantitative estimate of drug-likeness (QED) is 0.294. The molecule has 0 aromatic heterocycles. The highest BCUT2D eigenvalue weighted by Gasteiger charge is 2.38. The zero-order valence-corrected chi connectivity index (χ0v) is 18.4. The van der Waals surface area contributed by atoms with E-state index in [9.17, 15) is 13.0 Å². The second kappa shape index (κ2) is 11.7. The van der Waals surface area contributed by atoms with E-state index in [0.29, 0.717) is 5.75 Å². The van der Waals surface area contributed by atoms with Crippen LogP contribution in [0, 0.1) is 0 Å². The average molecular weight is 399 g/mol. The lowest BCUT2D eigenvalue weighted by Gasteiger charge is -2.26. The van der Waals surface area contributed by atoms with Gasteiger partial charge in [0.2, 0.25) is 4.93 Å². The molecule has 0 aliphatic carbocycles. The molecular formula is C22H38O4S. The van der Waals surface area contributed by atoms with Crippen LogP contribution < -0.4 is 4.74 Å². The topological polar surface area (TPSA) is 63.6 Å². The summed E-state index contributed by atoms with van der Waals surface area (Å²) in [6.45, 7) is 7.53. The van der Waals surface area contributed by atoms with Gasteiger partial charge in [0, 0.05) is 6.42 Å². The Morgan fingerprint density at radius 2 is 1.33 bits per heavy atom. The molecule has 0 saturated carbocycles. The van der Waals surface area contributed by atoms with Crippen LogP contribution in [0.2, 0.25) is 0 Å². The molecule has 1 aromatic rings. The van der Waals surface area contributed by atoms with Crippen molar-refractivity contribution in [3.05, 3.63) is 29.3 Å². The standard InChI is InChI=1S/C22H38O4S/c1-5-8-10-12-14-19-16-20(15-13-11-9-6-2)18-21(17-19)26-22(4,7-3)27(23,24)25/h16-18H,5-15H2,1-4H3,(H,23,24,25). The molecule has 1 atom stereocenters. The second-order valence-electron chi connectivity index (χ2n) is 7.67. The molecule has 4 nitrogen and oxygen atoms in total. The van der Waals surface area contributed by atoms with Crippen molar-refractivity contribution < 1.29 is 17.7 Å². The van der Waals surface area contributed by atoms with E-state index in [1.807, 2.05) is 12.1 Å². The molecule has 1 N–H and O–H groups in total. The van der Waals surface area contributed by atoms with Crippen LogP contribution in [0.4, 0.5) is 0 Å². The summed E-state index contributed by atoms with van der Waals surface area (Å²) in [5.74, 6) is 0.537. The van der Waals surface area contributed by atoms with Crippen LogP contribution in [0.5, 0.6) is 5.75 Å². The van der Waals surface area contributed by atoms with E-state index in [1.165, 1.54) is 56.6 Å². The highest BCUT2D eigenvalue weighted by molar-refractivity contribution is 7.87. The fourth-order valence-electron chi connectivity index (χ4n) is 3.14. The Bertz CT molecular complexity index is 624. The zero-order valence-electron chi connectivity index (χ0n) is 17.6. The predicted molar refractivity (Wildman–Crippen MR) is 113 cm³/mol. The predicted octanol–water partition coefficient (Wildman–Crippen LogP) is 6.33. The SMILES string of the molecule is CCCCCCc1cc(CCCCCC)cc(OC(C)(CC)S(=O)(=O)O)c1. The van der Waals surface area contributed by atoms with Gasteiger partial charge in [-0.3, -0.25) is 4.55 Å². The van der Waals surface area contributed by atoms with Gasteiger partial charge < -0.3 is 4.74 Å². The number of aryl methyl sites for hydroxylation is 2. The summed E-state index contributed by atoms with van der Waals surface area (Å²) < 4.78 is 39.0. The van der Waals surface area contributed by atoms with Crippen molar-refractivity contribution in [3.8, 4) is 5.75 Å². The molecule has 0 spiro atoms. The largest absolute Gasteiger partial charge is 0.469 e. The van der Waals surface area contributed by atoms with Crippen LogP contribution in [0.25, 0.3) is 0 Å². The number of ether oxygens (including phenoxy) is 1. The van der Waals surface area contributed by atoms with Crippen LogP contribution in [-0.2, 0) is 23.0 Å². The van der Waals surface area contributed by atoms with Crippen molar-refractivity contribution in [1.82, 2.24) is 0 Å². The third-order valence-electron chi connectivity index (χ3n) is 5.19. The molecule has 0 bridgehead atoms. The summed E-state index contributed by atoms with van der Waals surface area (Å²) in [6.07, 6.45) is 11.6. The fourth-order valence-corrected chi connectivity index (χ4v) is 3.71. The molecule has 0 fully saturated rings. The lowest BCUT2D eigenvalue weighted by molar-refractivity contribution is 0.154. The molecule has 0 aliphatic rings. The van der Waals surface area contributed by atoms with Gasteiger partial charge in [-0.25, -0.2) is 0 Å². The molecule has 0 radical (unpaired) electrons. The van der Waals surface area contributed by atoms with E-state index < -0.39 is 15.1 Å². The van der Waals surface area contributed by atoms with E-state index in [2.05, 4.69) is 19.9 Å². The summed E-state index contributed by atoms with van der Waals surface area (Å²) in [6, 6.07) is 6.09. The van der Waals surface area contributed by atoms with E-state index in [0.717, 1.165) is 25.7 Å². The summed E-state index contributed by atoms with van der Waals surface area (Å²) in [5, 5.41) is 0. The van der Waals surface area contributed by atoms with Crippen molar-refractivity contribution in [2.75, 3.05) is 0 Å². The Kier molecular flexibility index (Phi) is 10.4. The van der Waals surface area contributed by atoms with Crippen molar-refractivity contribution in [3.63, 3.8) is 0 Å². The number of hydrogen-bond donors (Lipinski definition) is 1. The van der Waals surface area contributed by atoms with Gasteiger partial charge in [0.1, 0.15) is 5.75 Å². The first-order valence-corrected chi connectivity index (χ1v) is 12.0. The first kappa shape index (κ1) is 24.0. The molecule has 0 saturated heterocycles. The van der Waals surface area contributed by atoms with Gasteiger partial charge >= 0.3 is 10.1 Å². The summed E-state index contributed by atoms with van der Waals surface area (Å²) in [7, 11) is -4.31. The second-order valence-corrected chi connectivity index (χ2v) is 9.48.